The number of aromatic nitrogens is 2. The number of benzene rings is 1. The van der Waals surface area contributed by atoms with Crippen molar-refractivity contribution in [1.82, 2.24) is 19.4 Å². The largest absolute Gasteiger partial charge is 0.411 e. The van der Waals surface area contributed by atoms with Crippen LogP contribution in [0.4, 0.5) is 0 Å². The average molecular weight is 479 g/mol. The lowest BCUT2D eigenvalue weighted by atomic mass is 9.98. The van der Waals surface area contributed by atoms with Crippen molar-refractivity contribution in [1.29, 1.82) is 0 Å². The number of thioether (sulfide) groups is 1. The van der Waals surface area contributed by atoms with Crippen molar-refractivity contribution in [3.8, 4) is 11.5 Å². The van der Waals surface area contributed by atoms with Gasteiger partial charge in [0.25, 0.3) is 5.22 Å². The first-order chi connectivity index (χ1) is 15.4. The first-order valence-electron chi connectivity index (χ1n) is 11.2. The second kappa shape index (κ2) is 9.93. The third-order valence-electron chi connectivity index (χ3n) is 6.26. The number of hydrogen-bond donors (Lipinski definition) is 0. The lowest BCUT2D eigenvalue weighted by molar-refractivity contribution is -0.134. The Morgan fingerprint density at radius 3 is 2.34 bits per heavy atom. The minimum absolute atomic E-state index is 0.0849. The number of sulfonamides is 1. The Balaban J connectivity index is 1.38. The maximum absolute atomic E-state index is 12.8. The van der Waals surface area contributed by atoms with E-state index in [0.717, 1.165) is 38.5 Å². The third kappa shape index (κ3) is 5.02. The van der Waals surface area contributed by atoms with Gasteiger partial charge in [0.15, 0.2) is 0 Å². The monoisotopic (exact) mass is 478 g/mol. The Morgan fingerprint density at radius 2 is 1.69 bits per heavy atom. The van der Waals surface area contributed by atoms with Gasteiger partial charge >= 0.3 is 0 Å². The highest BCUT2D eigenvalue weighted by Crippen LogP contribution is 2.28. The van der Waals surface area contributed by atoms with E-state index in [0.29, 0.717) is 29.8 Å². The molecule has 2 unspecified atom stereocenters. The van der Waals surface area contributed by atoms with E-state index in [1.165, 1.54) is 11.8 Å². The SMILES string of the molecule is CC1CCCC(C)N1C(=O)CSc1nnc(-c2ccc(S(=O)(=O)N3CCCCC3)cc2)o1. The fourth-order valence-corrected chi connectivity index (χ4v) is 6.67. The number of piperidine rings is 2. The Hall–Kier alpha value is -1.91. The van der Waals surface area contributed by atoms with Gasteiger partial charge in [-0.1, -0.05) is 18.2 Å². The van der Waals surface area contributed by atoms with Crippen molar-refractivity contribution in [2.24, 2.45) is 0 Å². The van der Waals surface area contributed by atoms with Crippen molar-refractivity contribution < 1.29 is 17.6 Å². The Kier molecular flexibility index (Phi) is 7.21. The topological polar surface area (TPSA) is 96.6 Å². The molecule has 0 spiro atoms. The van der Waals surface area contributed by atoms with Gasteiger partial charge in [0.2, 0.25) is 21.8 Å². The van der Waals surface area contributed by atoms with Crippen LogP contribution in [0.5, 0.6) is 0 Å². The van der Waals surface area contributed by atoms with Crippen molar-refractivity contribution in [3.05, 3.63) is 24.3 Å². The molecule has 174 valence electrons. The number of carbonyl (C=O) groups excluding carboxylic acids is 1. The second-order valence-electron chi connectivity index (χ2n) is 8.58. The molecule has 1 aromatic carbocycles. The van der Waals surface area contributed by atoms with E-state index in [1.807, 2.05) is 4.90 Å². The van der Waals surface area contributed by atoms with Crippen LogP contribution in [0.25, 0.3) is 11.5 Å². The summed E-state index contributed by atoms with van der Waals surface area (Å²) < 4.78 is 32.9. The fraction of sp³-hybridized carbons (Fsp3) is 0.591. The van der Waals surface area contributed by atoms with Crippen LogP contribution in [-0.4, -0.2) is 64.7 Å². The van der Waals surface area contributed by atoms with Crippen LogP contribution in [0.3, 0.4) is 0 Å². The predicted octanol–water partition coefficient (Wildman–Crippen LogP) is 3.79. The summed E-state index contributed by atoms with van der Waals surface area (Å²) in [6, 6.07) is 7.04. The van der Waals surface area contributed by atoms with Gasteiger partial charge in [0, 0.05) is 30.7 Å². The van der Waals surface area contributed by atoms with Crippen LogP contribution >= 0.6 is 11.8 Å². The molecular weight excluding hydrogens is 448 g/mol. The van der Waals surface area contributed by atoms with Crippen LogP contribution in [0, 0.1) is 0 Å². The summed E-state index contributed by atoms with van der Waals surface area (Å²) in [7, 11) is -3.47. The van der Waals surface area contributed by atoms with Crippen molar-refractivity contribution in [2.45, 2.75) is 74.6 Å². The maximum atomic E-state index is 12.8. The standard InChI is InChI=1S/C22H30N4O4S2/c1-16-7-6-8-17(2)26(16)20(27)15-31-22-24-23-21(30-22)18-9-11-19(12-10-18)32(28,29)25-13-4-3-5-14-25/h9-12,16-17H,3-8,13-15H2,1-2H3. The van der Waals surface area contributed by atoms with Gasteiger partial charge in [-0.2, -0.15) is 4.31 Å². The smallest absolute Gasteiger partial charge is 0.277 e. The summed E-state index contributed by atoms with van der Waals surface area (Å²) in [5.41, 5.74) is 0.645. The lowest BCUT2D eigenvalue weighted by Crippen LogP contribution is -2.48. The van der Waals surface area contributed by atoms with E-state index < -0.39 is 10.0 Å². The highest BCUT2D eigenvalue weighted by Gasteiger charge is 2.29. The molecule has 2 aliphatic heterocycles. The zero-order chi connectivity index (χ0) is 22.7. The molecule has 1 aromatic heterocycles. The van der Waals surface area contributed by atoms with E-state index in [-0.39, 0.29) is 28.6 Å². The van der Waals surface area contributed by atoms with Crippen LogP contribution in [0.1, 0.15) is 52.4 Å². The molecule has 10 heteroatoms. The molecule has 0 N–H and O–H groups in total. The van der Waals surface area contributed by atoms with Crippen molar-refractivity contribution in [3.63, 3.8) is 0 Å². The Bertz CT molecular complexity index is 1020. The van der Waals surface area contributed by atoms with E-state index in [1.54, 1.807) is 28.6 Å². The highest BCUT2D eigenvalue weighted by atomic mass is 32.2. The predicted molar refractivity (Wildman–Crippen MR) is 123 cm³/mol. The van der Waals surface area contributed by atoms with E-state index in [2.05, 4.69) is 24.0 Å². The Labute approximate surface area is 193 Å². The molecule has 3 heterocycles. The van der Waals surface area contributed by atoms with Crippen molar-refractivity contribution in [2.75, 3.05) is 18.8 Å². The number of nitrogens with zero attached hydrogens (tertiary/aromatic N) is 4. The first-order valence-corrected chi connectivity index (χ1v) is 13.7. The quantitative estimate of drug-likeness (QED) is 0.583. The second-order valence-corrected chi connectivity index (χ2v) is 11.4. The van der Waals surface area contributed by atoms with Gasteiger partial charge in [0.05, 0.1) is 10.6 Å². The molecule has 2 atom stereocenters. The molecule has 2 aliphatic rings. The van der Waals surface area contributed by atoms with Crippen LogP contribution in [0.15, 0.2) is 38.8 Å². The normalized spacial score (nSPS) is 22.8. The van der Waals surface area contributed by atoms with Crippen LogP contribution in [0.2, 0.25) is 0 Å². The first kappa shape index (κ1) is 23.3. The minimum Gasteiger partial charge on any atom is -0.411 e. The fourth-order valence-electron chi connectivity index (χ4n) is 4.52. The third-order valence-corrected chi connectivity index (χ3v) is 8.98. The van der Waals surface area contributed by atoms with Crippen LogP contribution in [-0.2, 0) is 14.8 Å². The number of amides is 1. The van der Waals surface area contributed by atoms with Gasteiger partial charge in [-0.05, 0) is 70.2 Å². The van der Waals surface area contributed by atoms with E-state index >= 15 is 0 Å². The molecule has 0 saturated carbocycles. The maximum Gasteiger partial charge on any atom is 0.277 e. The molecule has 1 amide bonds. The summed E-state index contributed by atoms with van der Waals surface area (Å²) in [4.78, 5) is 14.9. The molecular formula is C22H30N4O4S2. The summed E-state index contributed by atoms with van der Waals surface area (Å²) in [6.07, 6.45) is 6.11. The van der Waals surface area contributed by atoms with Gasteiger partial charge in [0.1, 0.15) is 0 Å². The zero-order valence-electron chi connectivity index (χ0n) is 18.6. The Morgan fingerprint density at radius 1 is 1.03 bits per heavy atom. The van der Waals surface area contributed by atoms with Gasteiger partial charge in [-0.25, -0.2) is 8.42 Å². The van der Waals surface area contributed by atoms with Gasteiger partial charge < -0.3 is 9.32 Å². The molecule has 0 radical (unpaired) electrons. The number of likely N-dealkylation sites (tertiary alicyclic amines) is 1. The summed E-state index contributed by atoms with van der Waals surface area (Å²) in [5, 5.41) is 8.44. The van der Waals surface area contributed by atoms with E-state index in [9.17, 15) is 13.2 Å². The molecule has 0 bridgehead atoms. The van der Waals surface area contributed by atoms with Crippen molar-refractivity contribution >= 4 is 27.7 Å². The molecule has 4 rings (SSSR count). The number of hydrogen-bond acceptors (Lipinski definition) is 7. The summed E-state index contributed by atoms with van der Waals surface area (Å²) in [6.45, 7) is 5.33. The summed E-state index contributed by atoms with van der Waals surface area (Å²) in [5.74, 6) is 0.645. The number of rotatable bonds is 6. The van der Waals surface area contributed by atoms with Crippen LogP contribution < -0.4 is 0 Å². The minimum atomic E-state index is -3.47. The highest BCUT2D eigenvalue weighted by molar-refractivity contribution is 7.99. The summed E-state index contributed by atoms with van der Waals surface area (Å²) >= 11 is 1.23. The van der Waals surface area contributed by atoms with Gasteiger partial charge in [-0.15, -0.1) is 10.2 Å². The zero-order valence-corrected chi connectivity index (χ0v) is 20.2. The van der Waals surface area contributed by atoms with Gasteiger partial charge in [-0.3, -0.25) is 4.79 Å². The molecule has 8 nitrogen and oxygen atoms in total. The molecule has 32 heavy (non-hydrogen) atoms. The lowest BCUT2D eigenvalue weighted by Gasteiger charge is -2.39. The molecule has 2 fully saturated rings. The molecule has 2 aromatic rings. The molecule has 0 aliphatic carbocycles. The molecule has 2 saturated heterocycles. The van der Waals surface area contributed by atoms with E-state index in [4.69, 9.17) is 4.42 Å². The number of carbonyl (C=O) groups is 1. The average Bonchev–Trinajstić information content (AvgIpc) is 3.27.